The number of oxime groups is 1. The van der Waals surface area contributed by atoms with E-state index in [2.05, 4.69) is 15.4 Å². The van der Waals surface area contributed by atoms with Gasteiger partial charge in [-0.1, -0.05) is 5.16 Å². The number of rotatable bonds is 3. The Morgan fingerprint density at radius 3 is 2.71 bits per heavy atom. The van der Waals surface area contributed by atoms with Gasteiger partial charge >= 0.3 is 0 Å². The highest BCUT2D eigenvalue weighted by Gasteiger charge is 2.17. The van der Waals surface area contributed by atoms with Gasteiger partial charge in [-0.25, -0.2) is 0 Å². The summed E-state index contributed by atoms with van der Waals surface area (Å²) in [7, 11) is 0. The van der Waals surface area contributed by atoms with Crippen LogP contribution in [0.25, 0.3) is 0 Å². The zero-order valence-electron chi connectivity index (χ0n) is 8.49. The van der Waals surface area contributed by atoms with E-state index in [4.69, 9.17) is 5.21 Å². The summed E-state index contributed by atoms with van der Waals surface area (Å²) >= 11 is 0. The van der Waals surface area contributed by atoms with Crippen LogP contribution in [-0.2, 0) is 4.79 Å². The van der Waals surface area contributed by atoms with Crippen LogP contribution in [0.15, 0.2) is 5.16 Å². The molecule has 0 saturated carbocycles. The molecule has 1 rings (SSSR count). The molecule has 0 unspecified atom stereocenters. The highest BCUT2D eigenvalue weighted by Crippen LogP contribution is 2.06. The Labute approximate surface area is 83.8 Å². The second kappa shape index (κ2) is 5.59. The third kappa shape index (κ3) is 3.33. The lowest BCUT2D eigenvalue weighted by Crippen LogP contribution is -2.41. The number of likely N-dealkylation sites (tertiary alicyclic amines) is 1. The van der Waals surface area contributed by atoms with Crippen LogP contribution < -0.4 is 5.32 Å². The van der Waals surface area contributed by atoms with E-state index in [1.807, 2.05) is 6.92 Å². The highest BCUT2D eigenvalue weighted by molar-refractivity contribution is 5.85. The maximum Gasteiger partial charge on any atom is 0.234 e. The average Bonchev–Trinajstić information content (AvgIpc) is 2.19. The number of hydrogen-bond acceptors (Lipinski definition) is 4. The summed E-state index contributed by atoms with van der Waals surface area (Å²) in [6.07, 6.45) is 1.52. The molecular weight excluding hydrogens is 182 g/mol. The van der Waals surface area contributed by atoms with E-state index in [1.165, 1.54) is 0 Å². The highest BCUT2D eigenvalue weighted by atomic mass is 16.4. The molecule has 1 aliphatic rings. The van der Waals surface area contributed by atoms with Gasteiger partial charge in [0.25, 0.3) is 0 Å². The topological polar surface area (TPSA) is 64.9 Å². The first-order valence-corrected chi connectivity index (χ1v) is 4.95. The molecule has 0 aromatic carbocycles. The Morgan fingerprint density at radius 1 is 1.57 bits per heavy atom. The van der Waals surface area contributed by atoms with Gasteiger partial charge in [-0.3, -0.25) is 9.69 Å². The molecule has 80 valence electrons. The number of likely N-dealkylation sites (N-methyl/N-ethyl adjacent to an activating group) is 1. The minimum absolute atomic E-state index is 0.0666. The summed E-state index contributed by atoms with van der Waals surface area (Å²) in [5, 5.41) is 14.5. The molecule has 0 spiro atoms. The molecule has 0 aromatic heterocycles. The van der Waals surface area contributed by atoms with Crippen molar-refractivity contribution in [3.63, 3.8) is 0 Å². The van der Waals surface area contributed by atoms with Gasteiger partial charge < -0.3 is 10.5 Å². The van der Waals surface area contributed by atoms with Crippen molar-refractivity contribution in [3.8, 4) is 0 Å². The van der Waals surface area contributed by atoms with E-state index in [0.29, 0.717) is 13.1 Å². The van der Waals surface area contributed by atoms with Gasteiger partial charge in [0, 0.05) is 32.5 Å². The molecule has 0 radical (unpaired) electrons. The van der Waals surface area contributed by atoms with Gasteiger partial charge in [0.1, 0.15) is 0 Å². The second-order valence-corrected chi connectivity index (χ2v) is 3.40. The number of amides is 1. The average molecular weight is 199 g/mol. The Kier molecular flexibility index (Phi) is 4.39. The molecule has 5 nitrogen and oxygen atoms in total. The van der Waals surface area contributed by atoms with Crippen molar-refractivity contribution in [1.29, 1.82) is 0 Å². The largest absolute Gasteiger partial charge is 0.411 e. The van der Waals surface area contributed by atoms with Crippen LogP contribution in [0.1, 0.15) is 19.8 Å². The zero-order valence-corrected chi connectivity index (χ0v) is 8.49. The molecule has 1 saturated heterocycles. The Bertz CT molecular complexity index is 218. The number of piperidine rings is 1. The molecule has 14 heavy (non-hydrogen) atoms. The van der Waals surface area contributed by atoms with E-state index < -0.39 is 0 Å². The Hall–Kier alpha value is -1.10. The van der Waals surface area contributed by atoms with Crippen molar-refractivity contribution in [2.24, 2.45) is 5.16 Å². The van der Waals surface area contributed by atoms with Crippen molar-refractivity contribution in [1.82, 2.24) is 10.2 Å². The lowest BCUT2D eigenvalue weighted by Gasteiger charge is -2.26. The van der Waals surface area contributed by atoms with Gasteiger partial charge in [-0.15, -0.1) is 0 Å². The molecule has 0 aromatic rings. The lowest BCUT2D eigenvalue weighted by molar-refractivity contribution is -0.122. The molecule has 0 atom stereocenters. The van der Waals surface area contributed by atoms with Crippen molar-refractivity contribution in [2.45, 2.75) is 19.8 Å². The molecule has 1 amide bonds. The van der Waals surface area contributed by atoms with Crippen LogP contribution in [0.3, 0.4) is 0 Å². The van der Waals surface area contributed by atoms with Gasteiger partial charge in [0.05, 0.1) is 12.3 Å². The number of carbonyl (C=O) groups is 1. The predicted molar refractivity (Wildman–Crippen MR) is 53.6 cm³/mol. The molecule has 5 heteroatoms. The summed E-state index contributed by atoms with van der Waals surface area (Å²) in [5.74, 6) is 0.0666. The number of nitrogens with one attached hydrogen (secondary N) is 1. The van der Waals surface area contributed by atoms with Crippen molar-refractivity contribution in [2.75, 3.05) is 26.2 Å². The van der Waals surface area contributed by atoms with Crippen molar-refractivity contribution in [3.05, 3.63) is 0 Å². The maximum atomic E-state index is 11.2. The SMILES string of the molecule is CCNC(=O)CN1CCC(=NO)CC1. The first-order valence-electron chi connectivity index (χ1n) is 4.95. The van der Waals surface area contributed by atoms with Gasteiger partial charge in [-0.05, 0) is 6.92 Å². The molecule has 2 N–H and O–H groups in total. The van der Waals surface area contributed by atoms with E-state index in [9.17, 15) is 4.79 Å². The molecule has 1 fully saturated rings. The van der Waals surface area contributed by atoms with Gasteiger partial charge in [0.15, 0.2) is 0 Å². The summed E-state index contributed by atoms with van der Waals surface area (Å²) < 4.78 is 0. The summed E-state index contributed by atoms with van der Waals surface area (Å²) in [6, 6.07) is 0. The fourth-order valence-corrected chi connectivity index (χ4v) is 1.53. The summed E-state index contributed by atoms with van der Waals surface area (Å²) in [4.78, 5) is 13.3. The minimum atomic E-state index is 0.0666. The van der Waals surface area contributed by atoms with Crippen LogP contribution >= 0.6 is 0 Å². The molecular formula is C9H17N3O2. The van der Waals surface area contributed by atoms with Gasteiger partial charge in [-0.2, -0.15) is 0 Å². The number of carbonyl (C=O) groups excluding carboxylic acids is 1. The Morgan fingerprint density at radius 2 is 2.21 bits per heavy atom. The number of nitrogens with zero attached hydrogens (tertiary/aromatic N) is 2. The minimum Gasteiger partial charge on any atom is -0.411 e. The standard InChI is InChI=1S/C9H17N3O2/c1-2-10-9(13)7-12-5-3-8(11-14)4-6-12/h14H,2-7H2,1H3,(H,10,13). The summed E-state index contributed by atoms with van der Waals surface area (Å²) in [6.45, 7) is 4.64. The fourth-order valence-electron chi connectivity index (χ4n) is 1.53. The van der Waals surface area contributed by atoms with Crippen LogP contribution in [0, 0.1) is 0 Å². The normalized spacial score (nSPS) is 17.9. The smallest absolute Gasteiger partial charge is 0.234 e. The van der Waals surface area contributed by atoms with E-state index in [-0.39, 0.29) is 5.91 Å². The van der Waals surface area contributed by atoms with E-state index in [1.54, 1.807) is 0 Å². The predicted octanol–water partition coefficient (Wildman–Crippen LogP) is 0.0485. The van der Waals surface area contributed by atoms with E-state index in [0.717, 1.165) is 31.6 Å². The third-order valence-corrected chi connectivity index (χ3v) is 2.32. The van der Waals surface area contributed by atoms with Crippen molar-refractivity contribution < 1.29 is 10.0 Å². The van der Waals surface area contributed by atoms with E-state index >= 15 is 0 Å². The van der Waals surface area contributed by atoms with Crippen LogP contribution in [0.5, 0.6) is 0 Å². The van der Waals surface area contributed by atoms with Gasteiger partial charge in [0.2, 0.25) is 5.91 Å². The fraction of sp³-hybridized carbons (Fsp3) is 0.778. The van der Waals surface area contributed by atoms with Crippen molar-refractivity contribution >= 4 is 11.6 Å². The van der Waals surface area contributed by atoms with Crippen LogP contribution in [0.4, 0.5) is 0 Å². The third-order valence-electron chi connectivity index (χ3n) is 2.32. The monoisotopic (exact) mass is 199 g/mol. The first kappa shape index (κ1) is 11.0. The quantitative estimate of drug-likeness (QED) is 0.498. The Balaban J connectivity index is 2.25. The number of hydrogen-bond donors (Lipinski definition) is 2. The summed E-state index contributed by atoms with van der Waals surface area (Å²) in [5.41, 5.74) is 0.831. The first-order chi connectivity index (χ1) is 6.76. The van der Waals surface area contributed by atoms with Crippen LogP contribution in [0.2, 0.25) is 0 Å². The molecule has 1 heterocycles. The second-order valence-electron chi connectivity index (χ2n) is 3.40. The molecule has 0 aliphatic carbocycles. The molecule has 1 aliphatic heterocycles. The molecule has 0 bridgehead atoms. The maximum absolute atomic E-state index is 11.2. The van der Waals surface area contributed by atoms with Crippen LogP contribution in [-0.4, -0.2) is 47.9 Å². The zero-order chi connectivity index (χ0) is 10.4. The lowest BCUT2D eigenvalue weighted by atomic mass is 10.1.